The first-order valence-electron chi connectivity index (χ1n) is 6.16. The topological polar surface area (TPSA) is 38.3 Å². The summed E-state index contributed by atoms with van der Waals surface area (Å²) in [6, 6.07) is 8.34. The summed E-state index contributed by atoms with van der Waals surface area (Å²) in [5, 5.41) is 3.75. The molecule has 1 unspecified atom stereocenters. The Balaban J connectivity index is 1.92. The Morgan fingerprint density at radius 1 is 1.44 bits per heavy atom. The molecule has 0 fully saturated rings. The van der Waals surface area contributed by atoms with Crippen LogP contribution in [-0.4, -0.2) is 31.0 Å². The second-order valence-corrected chi connectivity index (χ2v) is 5.34. The van der Waals surface area contributed by atoms with Crippen LogP contribution in [0.15, 0.2) is 24.3 Å². The number of hydrogen-bond donors (Lipinski definition) is 1. The van der Waals surface area contributed by atoms with Crippen molar-refractivity contribution >= 4 is 21.8 Å². The second kappa shape index (κ2) is 6.34. The van der Waals surface area contributed by atoms with Gasteiger partial charge in [0.25, 0.3) is 0 Å². The molecule has 0 aliphatic heterocycles. The van der Waals surface area contributed by atoms with Crippen molar-refractivity contribution in [2.45, 2.75) is 18.9 Å². The Morgan fingerprint density at radius 2 is 2.06 bits per heavy atom. The smallest absolute Gasteiger partial charge is 0.224 e. The standard InChI is InChI=1S/C14H18BrNO2/c1-18-9-13(8-15)16-14(17)12-6-10-4-2-3-5-11(10)7-12/h2-5,12-13H,6-9H2,1H3,(H,16,17). The number of alkyl halides is 1. The molecule has 0 bridgehead atoms. The van der Waals surface area contributed by atoms with E-state index >= 15 is 0 Å². The van der Waals surface area contributed by atoms with Gasteiger partial charge in [-0.2, -0.15) is 0 Å². The van der Waals surface area contributed by atoms with E-state index in [0.717, 1.165) is 12.8 Å². The van der Waals surface area contributed by atoms with Crippen LogP contribution in [0.3, 0.4) is 0 Å². The van der Waals surface area contributed by atoms with Gasteiger partial charge in [-0.3, -0.25) is 4.79 Å². The summed E-state index contributed by atoms with van der Waals surface area (Å²) in [4.78, 5) is 12.2. The Morgan fingerprint density at radius 3 is 2.56 bits per heavy atom. The van der Waals surface area contributed by atoms with Crippen molar-refractivity contribution in [2.75, 3.05) is 19.0 Å². The normalized spacial score (nSPS) is 16.3. The number of methoxy groups -OCH3 is 1. The lowest BCUT2D eigenvalue weighted by Gasteiger charge is -2.18. The molecule has 1 aliphatic carbocycles. The quantitative estimate of drug-likeness (QED) is 0.844. The number of nitrogens with one attached hydrogen (secondary N) is 1. The average Bonchev–Trinajstić information content (AvgIpc) is 2.82. The van der Waals surface area contributed by atoms with Gasteiger partial charge >= 0.3 is 0 Å². The lowest BCUT2D eigenvalue weighted by molar-refractivity contribution is -0.125. The van der Waals surface area contributed by atoms with Gasteiger partial charge in [0, 0.05) is 18.4 Å². The Labute approximate surface area is 116 Å². The summed E-state index contributed by atoms with van der Waals surface area (Å²) in [7, 11) is 1.65. The molecule has 1 aromatic rings. The van der Waals surface area contributed by atoms with E-state index in [9.17, 15) is 4.79 Å². The molecule has 0 saturated heterocycles. The van der Waals surface area contributed by atoms with E-state index in [1.165, 1.54) is 11.1 Å². The molecular formula is C14H18BrNO2. The number of ether oxygens (including phenoxy) is 1. The zero-order chi connectivity index (χ0) is 13.0. The van der Waals surface area contributed by atoms with Crippen LogP contribution in [0.5, 0.6) is 0 Å². The van der Waals surface area contributed by atoms with Gasteiger partial charge in [-0.15, -0.1) is 0 Å². The first-order valence-corrected chi connectivity index (χ1v) is 7.28. The second-order valence-electron chi connectivity index (χ2n) is 4.69. The molecular weight excluding hydrogens is 294 g/mol. The highest BCUT2D eigenvalue weighted by Gasteiger charge is 2.28. The zero-order valence-electron chi connectivity index (χ0n) is 10.5. The summed E-state index contributed by atoms with van der Waals surface area (Å²) in [5.74, 6) is 0.202. The van der Waals surface area contributed by atoms with E-state index in [1.807, 2.05) is 12.1 Å². The van der Waals surface area contributed by atoms with Crippen molar-refractivity contribution in [2.24, 2.45) is 5.92 Å². The molecule has 1 atom stereocenters. The maximum absolute atomic E-state index is 12.2. The largest absolute Gasteiger partial charge is 0.383 e. The summed E-state index contributed by atoms with van der Waals surface area (Å²) in [6.07, 6.45) is 1.70. The molecule has 0 saturated carbocycles. The van der Waals surface area contributed by atoms with Crippen LogP contribution < -0.4 is 5.32 Å². The molecule has 0 spiro atoms. The van der Waals surface area contributed by atoms with E-state index in [1.54, 1.807) is 7.11 Å². The summed E-state index contributed by atoms with van der Waals surface area (Å²) in [5.41, 5.74) is 2.61. The van der Waals surface area contributed by atoms with E-state index in [0.29, 0.717) is 11.9 Å². The van der Waals surface area contributed by atoms with Crippen molar-refractivity contribution < 1.29 is 9.53 Å². The van der Waals surface area contributed by atoms with Crippen molar-refractivity contribution in [3.63, 3.8) is 0 Å². The maximum atomic E-state index is 12.2. The number of carbonyl (C=O) groups excluding carboxylic acids is 1. The van der Waals surface area contributed by atoms with E-state index in [4.69, 9.17) is 4.74 Å². The minimum absolute atomic E-state index is 0.0474. The van der Waals surface area contributed by atoms with E-state index < -0.39 is 0 Å². The predicted molar refractivity (Wildman–Crippen MR) is 74.9 cm³/mol. The number of benzene rings is 1. The molecule has 4 heteroatoms. The molecule has 1 N–H and O–H groups in total. The third-order valence-electron chi connectivity index (χ3n) is 3.32. The molecule has 0 aromatic heterocycles. The fourth-order valence-electron chi connectivity index (χ4n) is 2.39. The molecule has 0 radical (unpaired) electrons. The average molecular weight is 312 g/mol. The summed E-state index contributed by atoms with van der Waals surface area (Å²) >= 11 is 3.39. The fourth-order valence-corrected chi connectivity index (χ4v) is 2.74. The van der Waals surface area contributed by atoms with Crippen molar-refractivity contribution in [3.05, 3.63) is 35.4 Å². The monoisotopic (exact) mass is 311 g/mol. The minimum atomic E-state index is 0.0474. The summed E-state index contributed by atoms with van der Waals surface area (Å²) < 4.78 is 5.08. The zero-order valence-corrected chi connectivity index (χ0v) is 12.1. The lowest BCUT2D eigenvalue weighted by atomic mass is 10.1. The van der Waals surface area contributed by atoms with Crippen molar-refractivity contribution in [3.8, 4) is 0 Å². The Kier molecular flexibility index (Phi) is 4.78. The predicted octanol–water partition coefficient (Wildman–Crippen LogP) is 1.93. The molecule has 0 heterocycles. The fraction of sp³-hybridized carbons (Fsp3) is 0.500. The van der Waals surface area contributed by atoms with Gasteiger partial charge in [0.2, 0.25) is 5.91 Å². The highest BCUT2D eigenvalue weighted by atomic mass is 79.9. The molecule has 98 valence electrons. The number of carbonyl (C=O) groups is 1. The number of fused-ring (bicyclic) bond motifs is 1. The molecule has 18 heavy (non-hydrogen) atoms. The van der Waals surface area contributed by atoms with Gasteiger partial charge in [-0.05, 0) is 24.0 Å². The SMILES string of the molecule is COCC(CBr)NC(=O)C1Cc2ccccc2C1. The maximum Gasteiger partial charge on any atom is 0.224 e. The third-order valence-corrected chi connectivity index (χ3v) is 4.10. The lowest BCUT2D eigenvalue weighted by Crippen LogP contribution is -2.42. The van der Waals surface area contributed by atoms with Crippen LogP contribution in [0, 0.1) is 5.92 Å². The number of rotatable bonds is 5. The first-order chi connectivity index (χ1) is 8.74. The molecule has 2 rings (SSSR count). The van der Waals surface area contributed by atoms with Crippen LogP contribution >= 0.6 is 15.9 Å². The van der Waals surface area contributed by atoms with Crippen LogP contribution in [0.25, 0.3) is 0 Å². The van der Waals surface area contributed by atoms with E-state index in [2.05, 4.69) is 33.4 Å². The third kappa shape index (κ3) is 3.12. The van der Waals surface area contributed by atoms with Crippen molar-refractivity contribution in [1.29, 1.82) is 0 Å². The molecule has 1 aromatic carbocycles. The van der Waals surface area contributed by atoms with Crippen LogP contribution in [0.2, 0.25) is 0 Å². The minimum Gasteiger partial charge on any atom is -0.383 e. The first kappa shape index (κ1) is 13.6. The summed E-state index contributed by atoms with van der Waals surface area (Å²) in [6.45, 7) is 0.538. The molecule has 3 nitrogen and oxygen atoms in total. The molecule has 1 amide bonds. The van der Waals surface area contributed by atoms with E-state index in [-0.39, 0.29) is 17.9 Å². The number of halogens is 1. The van der Waals surface area contributed by atoms with Gasteiger partial charge in [-0.25, -0.2) is 0 Å². The Bertz CT molecular complexity index is 397. The highest BCUT2D eigenvalue weighted by Crippen LogP contribution is 2.26. The van der Waals surface area contributed by atoms with Gasteiger partial charge < -0.3 is 10.1 Å². The van der Waals surface area contributed by atoms with Crippen molar-refractivity contribution in [1.82, 2.24) is 5.32 Å². The van der Waals surface area contributed by atoms with Gasteiger partial charge in [0.1, 0.15) is 0 Å². The Hall–Kier alpha value is -0.870. The number of amides is 1. The van der Waals surface area contributed by atoms with Gasteiger partial charge in [0.15, 0.2) is 0 Å². The van der Waals surface area contributed by atoms with Gasteiger partial charge in [0.05, 0.1) is 12.6 Å². The van der Waals surface area contributed by atoms with Crippen LogP contribution in [0.4, 0.5) is 0 Å². The highest BCUT2D eigenvalue weighted by molar-refractivity contribution is 9.09. The number of hydrogen-bond acceptors (Lipinski definition) is 2. The molecule has 1 aliphatic rings. The van der Waals surface area contributed by atoms with Crippen LogP contribution in [-0.2, 0) is 22.4 Å². The van der Waals surface area contributed by atoms with Gasteiger partial charge in [-0.1, -0.05) is 40.2 Å². The van der Waals surface area contributed by atoms with Crippen LogP contribution in [0.1, 0.15) is 11.1 Å².